The summed E-state index contributed by atoms with van der Waals surface area (Å²) in [5.41, 5.74) is 0.261. The lowest BCUT2D eigenvalue weighted by molar-refractivity contribution is -0.384. The molecule has 0 aliphatic carbocycles. The number of nitro benzene ring substituents is 1. The highest BCUT2D eigenvalue weighted by Crippen LogP contribution is 2.19. The number of nitrogens with zero attached hydrogens (tertiary/aromatic N) is 2. The molecule has 0 atom stereocenters. The number of likely N-dealkylation sites (N-methyl/N-ethyl adjacent to an activating group) is 1. The molecule has 6 nitrogen and oxygen atoms in total. The van der Waals surface area contributed by atoms with Crippen molar-refractivity contribution in [2.45, 2.75) is 0 Å². The largest absolute Gasteiger partial charge is 0.351 e. The van der Waals surface area contributed by atoms with Crippen LogP contribution in [0.5, 0.6) is 0 Å². The molecule has 0 saturated heterocycles. The summed E-state index contributed by atoms with van der Waals surface area (Å²) in [6.45, 7) is 1.22. The molecule has 0 aliphatic heterocycles. The lowest BCUT2D eigenvalue weighted by Gasteiger charge is -2.11. The van der Waals surface area contributed by atoms with E-state index < -0.39 is 4.92 Å². The summed E-state index contributed by atoms with van der Waals surface area (Å²) in [5.74, 6) is -0.287. The SMILES string of the molecule is CN(C)CCNC(=O)c1cc([N+](=O)[O-])ccc1I. The van der Waals surface area contributed by atoms with Crippen molar-refractivity contribution in [3.63, 3.8) is 0 Å². The van der Waals surface area contributed by atoms with Crippen LogP contribution in [0.2, 0.25) is 0 Å². The van der Waals surface area contributed by atoms with Crippen LogP contribution in [0.4, 0.5) is 5.69 Å². The average Bonchev–Trinajstić information content (AvgIpc) is 2.28. The van der Waals surface area contributed by atoms with Crippen molar-refractivity contribution in [2.24, 2.45) is 0 Å². The average molecular weight is 363 g/mol. The minimum absolute atomic E-state index is 0.0758. The maximum atomic E-state index is 11.9. The summed E-state index contributed by atoms with van der Waals surface area (Å²) in [4.78, 5) is 24.0. The summed E-state index contributed by atoms with van der Waals surface area (Å²) in [6.07, 6.45) is 0. The fourth-order valence-electron chi connectivity index (χ4n) is 1.29. The Kier molecular flexibility index (Phi) is 5.48. The zero-order valence-electron chi connectivity index (χ0n) is 10.1. The van der Waals surface area contributed by atoms with Crippen molar-refractivity contribution in [3.05, 3.63) is 37.4 Å². The van der Waals surface area contributed by atoms with E-state index in [1.54, 1.807) is 6.07 Å². The van der Waals surface area contributed by atoms with E-state index in [4.69, 9.17) is 0 Å². The zero-order chi connectivity index (χ0) is 13.7. The van der Waals surface area contributed by atoms with Gasteiger partial charge in [0, 0.05) is 28.8 Å². The van der Waals surface area contributed by atoms with Gasteiger partial charge in [-0.15, -0.1) is 0 Å². The Morgan fingerprint density at radius 1 is 1.50 bits per heavy atom. The van der Waals surface area contributed by atoms with Crippen LogP contribution in [0.25, 0.3) is 0 Å². The van der Waals surface area contributed by atoms with Gasteiger partial charge in [0.1, 0.15) is 0 Å². The summed E-state index contributed by atoms with van der Waals surface area (Å²) in [7, 11) is 3.81. The Balaban J connectivity index is 2.78. The number of hydrogen-bond donors (Lipinski definition) is 1. The maximum absolute atomic E-state index is 11.9. The number of halogens is 1. The molecule has 0 fully saturated rings. The molecule has 0 saturated carbocycles. The number of nitrogens with one attached hydrogen (secondary N) is 1. The monoisotopic (exact) mass is 363 g/mol. The second-order valence-electron chi connectivity index (χ2n) is 3.98. The molecule has 0 aliphatic rings. The second-order valence-corrected chi connectivity index (χ2v) is 5.14. The van der Waals surface area contributed by atoms with Gasteiger partial charge in [-0.25, -0.2) is 0 Å². The highest BCUT2D eigenvalue weighted by molar-refractivity contribution is 14.1. The summed E-state index contributed by atoms with van der Waals surface area (Å²) < 4.78 is 0.695. The van der Waals surface area contributed by atoms with Crippen LogP contribution in [-0.2, 0) is 0 Å². The molecule has 0 unspecified atom stereocenters. The Morgan fingerprint density at radius 2 is 2.17 bits per heavy atom. The van der Waals surface area contributed by atoms with E-state index in [9.17, 15) is 14.9 Å². The van der Waals surface area contributed by atoms with Gasteiger partial charge >= 0.3 is 0 Å². The Hall–Kier alpha value is -1.22. The van der Waals surface area contributed by atoms with E-state index in [-0.39, 0.29) is 11.6 Å². The summed E-state index contributed by atoms with van der Waals surface area (Å²) in [5, 5.41) is 13.4. The van der Waals surface area contributed by atoms with Crippen LogP contribution in [0, 0.1) is 13.7 Å². The molecule has 0 bridgehead atoms. The van der Waals surface area contributed by atoms with Crippen molar-refractivity contribution in [2.75, 3.05) is 27.2 Å². The van der Waals surface area contributed by atoms with Crippen molar-refractivity contribution in [1.29, 1.82) is 0 Å². The first-order valence-electron chi connectivity index (χ1n) is 5.28. The number of benzene rings is 1. The van der Waals surface area contributed by atoms with Gasteiger partial charge in [-0.2, -0.15) is 0 Å². The topological polar surface area (TPSA) is 75.5 Å². The molecule has 18 heavy (non-hydrogen) atoms. The van der Waals surface area contributed by atoms with Gasteiger partial charge in [0.2, 0.25) is 0 Å². The Bertz CT molecular complexity index is 463. The number of rotatable bonds is 5. The van der Waals surface area contributed by atoms with E-state index >= 15 is 0 Å². The minimum Gasteiger partial charge on any atom is -0.351 e. The number of hydrogen-bond acceptors (Lipinski definition) is 4. The van der Waals surface area contributed by atoms with Crippen molar-refractivity contribution >= 4 is 34.2 Å². The van der Waals surface area contributed by atoms with Gasteiger partial charge in [0.15, 0.2) is 0 Å². The Morgan fingerprint density at radius 3 is 2.72 bits per heavy atom. The molecule has 7 heteroatoms. The van der Waals surface area contributed by atoms with Crippen molar-refractivity contribution in [3.8, 4) is 0 Å². The highest BCUT2D eigenvalue weighted by atomic mass is 127. The smallest absolute Gasteiger partial charge is 0.270 e. The van der Waals surface area contributed by atoms with Gasteiger partial charge in [-0.05, 0) is 42.8 Å². The van der Waals surface area contributed by atoms with Gasteiger partial charge in [-0.1, -0.05) is 0 Å². The van der Waals surface area contributed by atoms with Crippen LogP contribution in [0.15, 0.2) is 18.2 Å². The third-order valence-electron chi connectivity index (χ3n) is 2.25. The van der Waals surface area contributed by atoms with Crippen LogP contribution in [-0.4, -0.2) is 42.9 Å². The number of carbonyl (C=O) groups is 1. The molecular weight excluding hydrogens is 349 g/mol. The normalized spacial score (nSPS) is 10.4. The molecule has 1 aromatic carbocycles. The van der Waals surface area contributed by atoms with E-state index in [0.29, 0.717) is 15.7 Å². The molecule has 1 N–H and O–H groups in total. The molecule has 98 valence electrons. The van der Waals surface area contributed by atoms with Crippen molar-refractivity contribution < 1.29 is 9.72 Å². The van der Waals surface area contributed by atoms with Crippen molar-refractivity contribution in [1.82, 2.24) is 10.2 Å². The highest BCUT2D eigenvalue weighted by Gasteiger charge is 2.14. The van der Waals surface area contributed by atoms with E-state index in [1.165, 1.54) is 12.1 Å². The predicted molar refractivity (Wildman–Crippen MR) is 76.7 cm³/mol. The fraction of sp³-hybridized carbons (Fsp3) is 0.364. The van der Waals surface area contributed by atoms with Gasteiger partial charge in [-0.3, -0.25) is 14.9 Å². The van der Waals surface area contributed by atoms with E-state index in [2.05, 4.69) is 5.32 Å². The number of carbonyl (C=O) groups excluding carboxylic acids is 1. The maximum Gasteiger partial charge on any atom is 0.270 e. The summed E-state index contributed by atoms with van der Waals surface area (Å²) in [6, 6.07) is 4.25. The molecule has 1 aromatic rings. The molecule has 0 spiro atoms. The summed E-state index contributed by atoms with van der Waals surface area (Å²) >= 11 is 1.99. The quantitative estimate of drug-likeness (QED) is 0.489. The molecular formula is C11H14IN3O3. The molecule has 0 heterocycles. The van der Waals surface area contributed by atoms with Gasteiger partial charge < -0.3 is 10.2 Å². The third kappa shape index (κ3) is 4.22. The van der Waals surface area contributed by atoms with Crippen LogP contribution < -0.4 is 5.32 Å². The van der Waals surface area contributed by atoms with Gasteiger partial charge in [0.05, 0.1) is 10.5 Å². The predicted octanol–water partition coefficient (Wildman–Crippen LogP) is 1.49. The van der Waals surface area contributed by atoms with E-state index in [1.807, 2.05) is 41.6 Å². The first-order chi connectivity index (χ1) is 8.41. The second kappa shape index (κ2) is 6.64. The number of amides is 1. The fourth-order valence-corrected chi connectivity index (χ4v) is 1.87. The molecule has 0 radical (unpaired) electrons. The van der Waals surface area contributed by atoms with Gasteiger partial charge in [0.25, 0.3) is 11.6 Å². The molecule has 1 rings (SSSR count). The zero-order valence-corrected chi connectivity index (χ0v) is 12.3. The molecule has 1 amide bonds. The molecule has 0 aromatic heterocycles. The first kappa shape index (κ1) is 14.8. The lowest BCUT2D eigenvalue weighted by atomic mass is 10.2. The third-order valence-corrected chi connectivity index (χ3v) is 3.19. The lowest BCUT2D eigenvalue weighted by Crippen LogP contribution is -2.31. The van der Waals surface area contributed by atoms with Crippen LogP contribution in [0.1, 0.15) is 10.4 Å². The standard InChI is InChI=1S/C11H14IN3O3/c1-14(2)6-5-13-11(16)9-7-8(15(17)18)3-4-10(9)12/h3-4,7H,5-6H2,1-2H3,(H,13,16). The number of non-ortho nitro benzene ring substituents is 1. The van der Waals surface area contributed by atoms with E-state index in [0.717, 1.165) is 6.54 Å². The minimum atomic E-state index is -0.507. The Labute approximate surface area is 119 Å². The first-order valence-corrected chi connectivity index (χ1v) is 6.36. The number of nitro groups is 1. The van der Waals surface area contributed by atoms with Crippen LogP contribution >= 0.6 is 22.6 Å². The van der Waals surface area contributed by atoms with Crippen LogP contribution in [0.3, 0.4) is 0 Å².